The zero-order valence-electron chi connectivity index (χ0n) is 16.8. The van der Waals surface area contributed by atoms with E-state index in [-0.39, 0.29) is 98.6 Å². The Labute approximate surface area is 210 Å². The molecule has 1 aromatic carbocycles. The van der Waals surface area contributed by atoms with Gasteiger partial charge in [0.1, 0.15) is 5.60 Å². The van der Waals surface area contributed by atoms with Crippen LogP contribution in [0.25, 0.3) is 5.32 Å². The summed E-state index contributed by atoms with van der Waals surface area (Å²) in [6, 6.07) is 2.37. The van der Waals surface area contributed by atoms with Crippen LogP contribution >= 0.6 is 0 Å². The third-order valence-corrected chi connectivity index (χ3v) is 4.95. The quantitative estimate of drug-likeness (QED) is 0.339. The predicted molar refractivity (Wildman–Crippen MR) is 102 cm³/mol. The van der Waals surface area contributed by atoms with Gasteiger partial charge in [0.05, 0.1) is 11.4 Å². The SMILES string of the molecule is C[N-]/C(=C\C(=N)C(=N)c1cc(OC2(C)CC2)c(F)cc1N)N1CCC(F)(F)C1.[K+]. The van der Waals surface area contributed by atoms with E-state index >= 15 is 0 Å². The molecule has 3 rings (SSSR count). The number of nitrogens with two attached hydrogens (primary N) is 1. The number of hydrogen-bond donors (Lipinski definition) is 3. The molecule has 2 aliphatic rings. The van der Waals surface area contributed by atoms with Crippen LogP contribution in [0.15, 0.2) is 24.0 Å². The van der Waals surface area contributed by atoms with Crippen LogP contribution < -0.4 is 61.9 Å². The van der Waals surface area contributed by atoms with E-state index in [1.165, 1.54) is 24.1 Å². The topological polar surface area (TPSA) is 100 Å². The number of likely N-dealkylation sites (tertiary alicyclic amines) is 1. The second-order valence-corrected chi connectivity index (χ2v) is 7.46. The smallest absolute Gasteiger partial charge is 0.484 e. The molecule has 1 saturated heterocycles. The van der Waals surface area contributed by atoms with Crippen LogP contribution in [-0.4, -0.2) is 48.0 Å². The minimum atomic E-state index is -2.80. The van der Waals surface area contributed by atoms with Crippen LogP contribution in [0.2, 0.25) is 0 Å². The van der Waals surface area contributed by atoms with Crippen molar-refractivity contribution in [2.75, 3.05) is 25.9 Å². The Morgan fingerprint density at radius 3 is 2.45 bits per heavy atom. The maximum absolute atomic E-state index is 14.2. The number of nitrogens with zero attached hydrogens (tertiary/aromatic N) is 2. The van der Waals surface area contributed by atoms with Gasteiger partial charge in [-0.3, -0.25) is 10.8 Å². The molecule has 152 valence electrons. The number of nitrogen functional groups attached to an aromatic ring is 1. The average Bonchev–Trinajstić information content (AvgIpc) is 3.23. The van der Waals surface area contributed by atoms with E-state index in [1.807, 2.05) is 6.92 Å². The van der Waals surface area contributed by atoms with Crippen molar-refractivity contribution < 1.29 is 69.3 Å². The van der Waals surface area contributed by atoms with E-state index in [1.54, 1.807) is 0 Å². The molecule has 0 radical (unpaired) electrons. The molecule has 0 unspecified atom stereocenters. The molecule has 1 aromatic rings. The number of hydrogen-bond acceptors (Lipinski definition) is 5. The normalized spacial score (nSPS) is 19.3. The summed E-state index contributed by atoms with van der Waals surface area (Å²) in [6.07, 6.45) is 2.58. The minimum absolute atomic E-state index is 0. The van der Waals surface area contributed by atoms with E-state index in [0.717, 1.165) is 18.9 Å². The largest absolute Gasteiger partial charge is 1.00 e. The first-order valence-corrected chi connectivity index (χ1v) is 8.94. The maximum Gasteiger partial charge on any atom is 1.00 e. The number of allylic oxidation sites excluding steroid dienone is 1. The van der Waals surface area contributed by atoms with Gasteiger partial charge >= 0.3 is 51.4 Å². The summed E-state index contributed by atoms with van der Waals surface area (Å²) in [5, 5.41) is 20.4. The first kappa shape index (κ1) is 24.2. The Balaban J connectivity index is 0.00000300. The van der Waals surface area contributed by atoms with Crippen LogP contribution in [0.1, 0.15) is 31.7 Å². The molecular formula is C19H23F3KN5O. The van der Waals surface area contributed by atoms with Gasteiger partial charge in [0.2, 0.25) is 5.92 Å². The number of benzene rings is 1. The monoisotopic (exact) mass is 433 g/mol. The zero-order valence-corrected chi connectivity index (χ0v) is 19.9. The number of ether oxygens (including phenoxy) is 1. The summed E-state index contributed by atoms with van der Waals surface area (Å²) in [6.45, 7) is 1.50. The van der Waals surface area contributed by atoms with Gasteiger partial charge < -0.3 is 20.7 Å². The van der Waals surface area contributed by atoms with Gasteiger partial charge in [-0.15, -0.1) is 0 Å². The number of alkyl halides is 2. The molecule has 1 heterocycles. The van der Waals surface area contributed by atoms with Gasteiger partial charge in [0.25, 0.3) is 0 Å². The van der Waals surface area contributed by atoms with Crippen molar-refractivity contribution in [3.8, 4) is 5.75 Å². The van der Waals surface area contributed by atoms with Crippen LogP contribution in [0.4, 0.5) is 18.9 Å². The first-order chi connectivity index (χ1) is 13.0. The molecule has 0 amide bonds. The summed E-state index contributed by atoms with van der Waals surface area (Å²) in [7, 11) is 1.44. The number of nitrogens with one attached hydrogen (secondary N) is 2. The van der Waals surface area contributed by atoms with Crippen LogP contribution in [-0.2, 0) is 0 Å². The van der Waals surface area contributed by atoms with Crippen molar-refractivity contribution >= 4 is 17.1 Å². The fourth-order valence-electron chi connectivity index (χ4n) is 2.98. The first-order valence-electron chi connectivity index (χ1n) is 8.94. The van der Waals surface area contributed by atoms with E-state index in [0.29, 0.717) is 0 Å². The van der Waals surface area contributed by atoms with Crippen LogP contribution in [0.3, 0.4) is 0 Å². The molecule has 6 nitrogen and oxygen atoms in total. The number of rotatable bonds is 7. The van der Waals surface area contributed by atoms with Gasteiger partial charge in [-0.25, -0.2) is 13.2 Å². The fourth-order valence-corrected chi connectivity index (χ4v) is 2.98. The van der Waals surface area contributed by atoms with Gasteiger partial charge in [0.15, 0.2) is 11.6 Å². The molecule has 0 spiro atoms. The Morgan fingerprint density at radius 1 is 1.28 bits per heavy atom. The van der Waals surface area contributed by atoms with Gasteiger partial charge in [-0.2, -0.15) is 0 Å². The second kappa shape index (κ2) is 8.97. The predicted octanol–water partition coefficient (Wildman–Crippen LogP) is 0.917. The molecule has 1 aliphatic heterocycles. The molecule has 10 heteroatoms. The Hall–Kier alpha value is -1.07. The molecule has 0 bridgehead atoms. The van der Waals surface area contributed by atoms with E-state index in [4.69, 9.17) is 21.3 Å². The van der Waals surface area contributed by atoms with Crippen molar-refractivity contribution in [1.29, 1.82) is 10.8 Å². The van der Waals surface area contributed by atoms with Gasteiger partial charge in [-0.05, 0) is 38.5 Å². The Morgan fingerprint density at radius 2 is 1.93 bits per heavy atom. The molecular weight excluding hydrogens is 410 g/mol. The third-order valence-electron chi connectivity index (χ3n) is 4.95. The summed E-state index contributed by atoms with van der Waals surface area (Å²) in [4.78, 5) is 1.37. The van der Waals surface area contributed by atoms with Crippen molar-refractivity contribution in [1.82, 2.24) is 4.90 Å². The fraction of sp³-hybridized carbons (Fsp3) is 0.474. The molecule has 4 N–H and O–H groups in total. The Kier molecular flexibility index (Phi) is 7.48. The summed E-state index contributed by atoms with van der Waals surface area (Å²) in [5.74, 6) is -3.26. The van der Waals surface area contributed by atoms with E-state index in [9.17, 15) is 13.2 Å². The molecule has 29 heavy (non-hydrogen) atoms. The van der Waals surface area contributed by atoms with E-state index in [2.05, 4.69) is 5.32 Å². The summed E-state index contributed by atoms with van der Waals surface area (Å²) in [5.41, 5.74) is 5.03. The minimum Gasteiger partial charge on any atom is -0.484 e. The average molecular weight is 434 g/mol. The second-order valence-electron chi connectivity index (χ2n) is 7.46. The van der Waals surface area contributed by atoms with Crippen molar-refractivity contribution in [2.24, 2.45) is 0 Å². The molecule has 0 aromatic heterocycles. The standard InChI is InChI=1S/C19H23F3N5O.K/c1-18(3-4-18)28-15-7-11(13(23)8-12(15)20)17(25)14(24)9-16(26-2)27-6-5-19(21,22)10-27;/h7-9,24-25H,3-6,10,23H2,1-2H3;/q-1;+1/b16-9+,24-14?,25-17?;. The van der Waals surface area contributed by atoms with Crippen LogP contribution in [0, 0.1) is 16.6 Å². The maximum atomic E-state index is 14.2. The number of anilines is 1. The molecule has 1 aliphatic carbocycles. The summed E-state index contributed by atoms with van der Waals surface area (Å²) < 4.78 is 46.7. The zero-order chi connectivity index (χ0) is 20.7. The third kappa shape index (κ3) is 5.75. The van der Waals surface area contributed by atoms with Gasteiger partial charge in [0, 0.05) is 30.3 Å². The summed E-state index contributed by atoms with van der Waals surface area (Å²) >= 11 is 0. The molecule has 1 saturated carbocycles. The van der Waals surface area contributed by atoms with Crippen molar-refractivity contribution in [3.63, 3.8) is 0 Å². The van der Waals surface area contributed by atoms with E-state index < -0.39 is 23.9 Å². The number of halogens is 3. The van der Waals surface area contributed by atoms with Crippen molar-refractivity contribution in [3.05, 3.63) is 40.7 Å². The Bertz CT molecular complexity index is 854. The van der Waals surface area contributed by atoms with Gasteiger partial charge in [-0.1, -0.05) is 12.9 Å². The van der Waals surface area contributed by atoms with Crippen molar-refractivity contribution in [2.45, 2.75) is 37.7 Å². The molecule has 0 atom stereocenters. The van der Waals surface area contributed by atoms with Crippen LogP contribution in [0.5, 0.6) is 5.75 Å². The molecule has 2 fully saturated rings.